The number of morpholine rings is 1. The van der Waals surface area contributed by atoms with Crippen molar-refractivity contribution in [1.82, 2.24) is 0 Å². The highest BCUT2D eigenvalue weighted by molar-refractivity contribution is 6.31. The highest BCUT2D eigenvalue weighted by Crippen LogP contribution is 2.32. The number of ether oxygens (including phenoxy) is 1. The van der Waals surface area contributed by atoms with Gasteiger partial charge in [0.2, 0.25) is 0 Å². The van der Waals surface area contributed by atoms with Gasteiger partial charge in [0.25, 0.3) is 0 Å². The highest BCUT2D eigenvalue weighted by atomic mass is 35.5. The highest BCUT2D eigenvalue weighted by Gasteiger charge is 2.15. The molecule has 1 aliphatic heterocycles. The van der Waals surface area contributed by atoms with Crippen molar-refractivity contribution >= 4 is 28.1 Å². The van der Waals surface area contributed by atoms with Gasteiger partial charge in [-0.2, -0.15) is 0 Å². The van der Waals surface area contributed by atoms with Gasteiger partial charge in [0, 0.05) is 29.2 Å². The molecule has 3 heteroatoms. The van der Waals surface area contributed by atoms with E-state index in [1.54, 1.807) is 0 Å². The van der Waals surface area contributed by atoms with Crippen molar-refractivity contribution in [3.05, 3.63) is 76.8 Å². The average molecular weight is 338 g/mol. The normalized spacial score (nSPS) is 15.0. The van der Waals surface area contributed by atoms with Crippen molar-refractivity contribution in [2.75, 3.05) is 31.2 Å². The van der Waals surface area contributed by atoms with E-state index in [0.29, 0.717) is 0 Å². The molecular formula is C21H20ClNO. The van der Waals surface area contributed by atoms with Gasteiger partial charge in [0.05, 0.1) is 13.2 Å². The maximum Gasteiger partial charge on any atom is 0.0642 e. The molecule has 0 saturated carbocycles. The third kappa shape index (κ3) is 3.00. The molecule has 0 aliphatic carbocycles. The van der Waals surface area contributed by atoms with Crippen LogP contribution in [0.5, 0.6) is 0 Å². The van der Waals surface area contributed by atoms with Gasteiger partial charge >= 0.3 is 0 Å². The number of rotatable bonds is 3. The number of halogens is 1. The first-order chi connectivity index (χ1) is 11.8. The van der Waals surface area contributed by atoms with Gasteiger partial charge in [0.1, 0.15) is 0 Å². The Kier molecular flexibility index (Phi) is 4.42. The van der Waals surface area contributed by atoms with Crippen molar-refractivity contribution in [1.29, 1.82) is 0 Å². The molecule has 2 nitrogen and oxygen atoms in total. The van der Waals surface area contributed by atoms with Crippen molar-refractivity contribution in [3.63, 3.8) is 0 Å². The van der Waals surface area contributed by atoms with Crippen LogP contribution in [0, 0.1) is 0 Å². The van der Waals surface area contributed by atoms with Crippen molar-refractivity contribution in [2.24, 2.45) is 0 Å². The van der Waals surface area contributed by atoms with E-state index in [9.17, 15) is 0 Å². The molecule has 3 aromatic rings. The molecular weight excluding hydrogens is 318 g/mol. The Balaban J connectivity index is 1.77. The number of hydrogen-bond donors (Lipinski definition) is 0. The van der Waals surface area contributed by atoms with Crippen LogP contribution in [0.2, 0.25) is 5.02 Å². The standard InChI is InChI=1S/C21H20ClNO/c22-20-8-4-1-5-17(20)15-16-9-10-21(23-11-13-24-14-12-23)19-7-3-2-6-18(16)19/h1-10H,11-15H2. The molecule has 24 heavy (non-hydrogen) atoms. The Hall–Kier alpha value is -2.03. The Morgan fingerprint density at radius 2 is 1.50 bits per heavy atom. The number of anilines is 1. The SMILES string of the molecule is Clc1ccccc1Cc1ccc(N2CCOCC2)c2ccccc12. The molecule has 3 aromatic carbocycles. The monoisotopic (exact) mass is 337 g/mol. The van der Waals surface area contributed by atoms with E-state index >= 15 is 0 Å². The summed E-state index contributed by atoms with van der Waals surface area (Å²) in [6.07, 6.45) is 0.851. The zero-order chi connectivity index (χ0) is 16.4. The van der Waals surface area contributed by atoms with Crippen LogP contribution in [-0.4, -0.2) is 26.3 Å². The summed E-state index contributed by atoms with van der Waals surface area (Å²) >= 11 is 6.36. The maximum absolute atomic E-state index is 6.36. The van der Waals surface area contributed by atoms with Crippen LogP contribution in [0.4, 0.5) is 5.69 Å². The molecule has 0 N–H and O–H groups in total. The second-order valence-electron chi connectivity index (χ2n) is 6.16. The fourth-order valence-corrected chi connectivity index (χ4v) is 3.63. The molecule has 0 atom stereocenters. The van der Waals surface area contributed by atoms with E-state index < -0.39 is 0 Å². The molecule has 122 valence electrons. The minimum atomic E-state index is 0.801. The van der Waals surface area contributed by atoms with Crippen LogP contribution in [-0.2, 0) is 11.2 Å². The first kappa shape index (κ1) is 15.5. The lowest BCUT2D eigenvalue weighted by Crippen LogP contribution is -2.36. The lowest BCUT2D eigenvalue weighted by molar-refractivity contribution is 0.123. The van der Waals surface area contributed by atoms with E-state index in [-0.39, 0.29) is 0 Å². The topological polar surface area (TPSA) is 12.5 Å². The first-order valence-electron chi connectivity index (χ1n) is 8.39. The largest absolute Gasteiger partial charge is 0.378 e. The Labute approximate surface area is 147 Å². The first-order valence-corrected chi connectivity index (χ1v) is 8.77. The second-order valence-corrected chi connectivity index (χ2v) is 6.56. The number of fused-ring (bicyclic) bond motifs is 1. The molecule has 0 radical (unpaired) electrons. The molecule has 4 rings (SSSR count). The van der Waals surface area contributed by atoms with Crippen LogP contribution in [0.3, 0.4) is 0 Å². The van der Waals surface area contributed by atoms with Crippen LogP contribution < -0.4 is 4.90 Å². The van der Waals surface area contributed by atoms with Crippen LogP contribution in [0.15, 0.2) is 60.7 Å². The van der Waals surface area contributed by atoms with Crippen LogP contribution >= 0.6 is 11.6 Å². The molecule has 0 amide bonds. The Morgan fingerprint density at radius 1 is 0.792 bits per heavy atom. The van der Waals surface area contributed by atoms with Gasteiger partial charge < -0.3 is 9.64 Å². The van der Waals surface area contributed by atoms with E-state index in [0.717, 1.165) is 37.7 Å². The second kappa shape index (κ2) is 6.84. The summed E-state index contributed by atoms with van der Waals surface area (Å²) in [5, 5.41) is 3.45. The summed E-state index contributed by atoms with van der Waals surface area (Å²) in [5.41, 5.74) is 3.79. The predicted molar refractivity (Wildman–Crippen MR) is 101 cm³/mol. The number of benzene rings is 3. The minimum Gasteiger partial charge on any atom is -0.378 e. The summed E-state index contributed by atoms with van der Waals surface area (Å²) < 4.78 is 5.49. The fraction of sp³-hybridized carbons (Fsp3) is 0.238. The summed E-state index contributed by atoms with van der Waals surface area (Å²) in [4.78, 5) is 2.42. The molecule has 0 aromatic heterocycles. The Morgan fingerprint density at radius 3 is 2.29 bits per heavy atom. The van der Waals surface area contributed by atoms with Crippen molar-refractivity contribution in [3.8, 4) is 0 Å². The minimum absolute atomic E-state index is 0.801. The van der Waals surface area contributed by atoms with Gasteiger partial charge in [0.15, 0.2) is 0 Å². The number of hydrogen-bond acceptors (Lipinski definition) is 2. The molecule has 0 spiro atoms. The number of nitrogens with zero attached hydrogens (tertiary/aromatic N) is 1. The van der Waals surface area contributed by atoms with E-state index in [2.05, 4.69) is 47.4 Å². The quantitative estimate of drug-likeness (QED) is 0.672. The van der Waals surface area contributed by atoms with E-state index in [4.69, 9.17) is 16.3 Å². The molecule has 1 heterocycles. The molecule has 0 bridgehead atoms. The summed E-state index contributed by atoms with van der Waals surface area (Å²) in [6, 6.07) is 21.2. The summed E-state index contributed by atoms with van der Waals surface area (Å²) in [5.74, 6) is 0. The van der Waals surface area contributed by atoms with Crippen LogP contribution in [0.25, 0.3) is 10.8 Å². The van der Waals surface area contributed by atoms with Gasteiger partial charge in [-0.3, -0.25) is 0 Å². The Bertz CT molecular complexity index is 855. The fourth-order valence-electron chi connectivity index (χ4n) is 3.43. The van der Waals surface area contributed by atoms with Crippen molar-refractivity contribution < 1.29 is 4.74 Å². The smallest absolute Gasteiger partial charge is 0.0642 e. The third-order valence-corrected chi connectivity index (χ3v) is 5.05. The lowest BCUT2D eigenvalue weighted by Gasteiger charge is -2.30. The van der Waals surface area contributed by atoms with Crippen LogP contribution in [0.1, 0.15) is 11.1 Å². The van der Waals surface area contributed by atoms with Gasteiger partial charge in [-0.15, -0.1) is 0 Å². The summed E-state index contributed by atoms with van der Waals surface area (Å²) in [6.45, 7) is 3.51. The van der Waals surface area contributed by atoms with Crippen molar-refractivity contribution in [2.45, 2.75) is 6.42 Å². The predicted octanol–water partition coefficient (Wildman–Crippen LogP) is 4.92. The third-order valence-electron chi connectivity index (χ3n) is 4.68. The van der Waals surface area contributed by atoms with E-state index in [1.165, 1.54) is 27.6 Å². The maximum atomic E-state index is 6.36. The average Bonchev–Trinajstić information content (AvgIpc) is 2.64. The van der Waals surface area contributed by atoms with Gasteiger partial charge in [-0.1, -0.05) is 60.1 Å². The molecule has 1 fully saturated rings. The molecule has 0 unspecified atom stereocenters. The van der Waals surface area contributed by atoms with Gasteiger partial charge in [-0.05, 0) is 35.1 Å². The lowest BCUT2D eigenvalue weighted by atomic mass is 9.97. The van der Waals surface area contributed by atoms with Gasteiger partial charge in [-0.25, -0.2) is 0 Å². The summed E-state index contributed by atoms with van der Waals surface area (Å²) in [7, 11) is 0. The zero-order valence-electron chi connectivity index (χ0n) is 13.5. The molecule has 1 aliphatic rings. The van der Waals surface area contributed by atoms with E-state index in [1.807, 2.05) is 18.2 Å². The molecule has 1 saturated heterocycles. The zero-order valence-corrected chi connectivity index (χ0v) is 14.3.